The molecule has 0 aliphatic rings. The third kappa shape index (κ3) is 5.66. The maximum absolute atomic E-state index is 10.9. The zero-order chi connectivity index (χ0) is 12.4. The summed E-state index contributed by atoms with van der Waals surface area (Å²) in [6.45, 7) is 0.307. The molecule has 0 spiro atoms. The van der Waals surface area contributed by atoms with Gasteiger partial charge in [0.15, 0.2) is 0 Å². The molecule has 0 radical (unpaired) electrons. The molecule has 7 heteroatoms. The van der Waals surface area contributed by atoms with Crippen LogP contribution in [0.2, 0.25) is 6.04 Å². The van der Waals surface area contributed by atoms with Crippen LogP contribution < -0.4 is 0 Å². The SMILES string of the molecule is CO[Si](CCCOC(=O)C=CS)(OC)OC. The van der Waals surface area contributed by atoms with Gasteiger partial charge in [-0.2, -0.15) is 12.6 Å². The van der Waals surface area contributed by atoms with E-state index >= 15 is 0 Å². The Bertz CT molecular complexity index is 222. The van der Waals surface area contributed by atoms with Crippen LogP contribution in [-0.4, -0.2) is 42.7 Å². The molecular formula is C9H18O5SSi. The summed E-state index contributed by atoms with van der Waals surface area (Å²) in [6.07, 6.45) is 1.88. The number of rotatable bonds is 8. The molecule has 0 amide bonds. The van der Waals surface area contributed by atoms with E-state index in [0.717, 1.165) is 0 Å². The summed E-state index contributed by atoms with van der Waals surface area (Å²) in [7, 11) is 2.12. The Morgan fingerprint density at radius 2 is 1.81 bits per heavy atom. The largest absolute Gasteiger partial charge is 0.500 e. The standard InChI is InChI=1S/C9H18O5SSi/c1-11-16(12-2,13-3)8-4-6-14-9(10)5-7-15/h5,7,15H,4,6,8H2,1-3H3. The Kier molecular flexibility index (Phi) is 8.58. The van der Waals surface area contributed by atoms with Gasteiger partial charge in [-0.1, -0.05) is 0 Å². The fourth-order valence-electron chi connectivity index (χ4n) is 1.13. The molecule has 16 heavy (non-hydrogen) atoms. The van der Waals surface area contributed by atoms with Crippen LogP contribution in [0.4, 0.5) is 0 Å². The molecule has 94 valence electrons. The lowest BCUT2D eigenvalue weighted by Gasteiger charge is -2.23. The van der Waals surface area contributed by atoms with Crippen LogP contribution >= 0.6 is 12.6 Å². The molecule has 0 aliphatic carbocycles. The number of carbonyl (C=O) groups is 1. The van der Waals surface area contributed by atoms with Crippen molar-refractivity contribution in [2.45, 2.75) is 12.5 Å². The Morgan fingerprint density at radius 3 is 2.25 bits per heavy atom. The Hall–Kier alpha value is -0.343. The summed E-state index contributed by atoms with van der Waals surface area (Å²) in [6, 6.07) is 0.606. The van der Waals surface area contributed by atoms with Crippen LogP contribution in [-0.2, 0) is 22.8 Å². The molecule has 0 saturated carbocycles. The van der Waals surface area contributed by atoms with E-state index in [9.17, 15) is 4.79 Å². The van der Waals surface area contributed by atoms with Gasteiger partial charge >= 0.3 is 14.8 Å². The van der Waals surface area contributed by atoms with Crippen molar-refractivity contribution in [2.75, 3.05) is 27.9 Å². The summed E-state index contributed by atoms with van der Waals surface area (Å²) in [4.78, 5) is 10.9. The van der Waals surface area contributed by atoms with Gasteiger partial charge in [0.1, 0.15) is 0 Å². The van der Waals surface area contributed by atoms with Crippen molar-refractivity contribution in [1.82, 2.24) is 0 Å². The van der Waals surface area contributed by atoms with Crippen molar-refractivity contribution < 1.29 is 22.8 Å². The van der Waals surface area contributed by atoms with E-state index in [4.69, 9.17) is 18.0 Å². The normalized spacial score (nSPS) is 12.0. The predicted molar refractivity (Wildman–Crippen MR) is 65.3 cm³/mol. The number of thiol groups is 1. The summed E-state index contributed by atoms with van der Waals surface area (Å²) in [5, 5.41) is 1.33. The molecule has 0 aromatic carbocycles. The quantitative estimate of drug-likeness (QED) is 0.235. The highest BCUT2D eigenvalue weighted by Crippen LogP contribution is 2.14. The second-order valence-electron chi connectivity index (χ2n) is 2.88. The molecule has 5 nitrogen and oxygen atoms in total. The van der Waals surface area contributed by atoms with E-state index in [-0.39, 0.29) is 0 Å². The highest BCUT2D eigenvalue weighted by Gasteiger charge is 2.36. The van der Waals surface area contributed by atoms with Crippen LogP contribution in [0.5, 0.6) is 0 Å². The lowest BCUT2D eigenvalue weighted by Crippen LogP contribution is -2.42. The third-order valence-corrected chi connectivity index (χ3v) is 5.00. The first-order chi connectivity index (χ1) is 7.64. The molecular weight excluding hydrogens is 248 g/mol. The average Bonchev–Trinajstić information content (AvgIpc) is 2.31. The Balaban J connectivity index is 3.83. The minimum Gasteiger partial charge on any atom is -0.463 e. The first-order valence-corrected chi connectivity index (χ1v) is 7.22. The van der Waals surface area contributed by atoms with Crippen LogP contribution in [0.15, 0.2) is 11.5 Å². The van der Waals surface area contributed by atoms with E-state index in [1.54, 1.807) is 21.3 Å². The summed E-state index contributed by atoms with van der Waals surface area (Å²) < 4.78 is 20.5. The van der Waals surface area contributed by atoms with E-state index < -0.39 is 14.8 Å². The van der Waals surface area contributed by atoms with Gasteiger partial charge in [0.25, 0.3) is 0 Å². The summed E-state index contributed by atoms with van der Waals surface area (Å²) in [5.41, 5.74) is 0. The third-order valence-electron chi connectivity index (χ3n) is 2.02. The van der Waals surface area contributed by atoms with Gasteiger partial charge in [-0.25, -0.2) is 4.79 Å². The zero-order valence-electron chi connectivity index (χ0n) is 9.76. The molecule has 0 unspecified atom stereocenters. The molecule has 0 aromatic rings. The second kappa shape index (κ2) is 8.77. The van der Waals surface area contributed by atoms with Gasteiger partial charge in [-0.05, 0) is 11.8 Å². The molecule has 0 atom stereocenters. The highest BCUT2D eigenvalue weighted by molar-refractivity contribution is 7.83. The lowest BCUT2D eigenvalue weighted by molar-refractivity contribution is -0.137. The van der Waals surface area contributed by atoms with Crippen molar-refractivity contribution in [3.63, 3.8) is 0 Å². The van der Waals surface area contributed by atoms with E-state index in [0.29, 0.717) is 19.1 Å². The molecule has 0 rings (SSSR count). The van der Waals surface area contributed by atoms with Gasteiger partial charge in [0.05, 0.1) is 6.61 Å². The number of ether oxygens (including phenoxy) is 1. The van der Waals surface area contributed by atoms with Gasteiger partial charge in [-0.15, -0.1) is 0 Å². The summed E-state index contributed by atoms with van der Waals surface area (Å²) in [5.74, 6) is -0.408. The molecule has 0 aromatic heterocycles. The van der Waals surface area contributed by atoms with Crippen LogP contribution in [0.3, 0.4) is 0 Å². The van der Waals surface area contributed by atoms with Crippen molar-refractivity contribution >= 4 is 27.4 Å². The fraction of sp³-hybridized carbons (Fsp3) is 0.667. The van der Waals surface area contributed by atoms with Crippen LogP contribution in [0.1, 0.15) is 6.42 Å². The van der Waals surface area contributed by atoms with E-state index in [1.807, 2.05) is 0 Å². The minimum absolute atomic E-state index is 0.307. The fourth-order valence-corrected chi connectivity index (χ4v) is 2.94. The topological polar surface area (TPSA) is 54.0 Å². The van der Waals surface area contributed by atoms with Gasteiger partial charge < -0.3 is 18.0 Å². The average molecular weight is 266 g/mol. The molecule has 0 saturated heterocycles. The van der Waals surface area contributed by atoms with Crippen molar-refractivity contribution in [3.8, 4) is 0 Å². The van der Waals surface area contributed by atoms with Crippen LogP contribution in [0.25, 0.3) is 0 Å². The zero-order valence-corrected chi connectivity index (χ0v) is 11.7. The number of hydrogen-bond acceptors (Lipinski definition) is 6. The number of hydrogen-bond donors (Lipinski definition) is 1. The number of carbonyl (C=O) groups excluding carboxylic acids is 1. The van der Waals surface area contributed by atoms with Gasteiger partial charge in [0.2, 0.25) is 0 Å². The van der Waals surface area contributed by atoms with E-state index in [1.165, 1.54) is 11.5 Å². The molecule has 0 fully saturated rings. The van der Waals surface area contributed by atoms with Gasteiger partial charge in [-0.3, -0.25) is 0 Å². The highest BCUT2D eigenvalue weighted by atomic mass is 32.1. The maximum atomic E-state index is 10.9. The first kappa shape index (κ1) is 15.7. The second-order valence-corrected chi connectivity index (χ2v) is 6.27. The van der Waals surface area contributed by atoms with Crippen molar-refractivity contribution in [2.24, 2.45) is 0 Å². The first-order valence-electron chi connectivity index (χ1n) is 4.77. The minimum atomic E-state index is -2.53. The smallest absolute Gasteiger partial charge is 0.463 e. The van der Waals surface area contributed by atoms with Crippen LogP contribution in [0, 0.1) is 0 Å². The summed E-state index contributed by atoms with van der Waals surface area (Å²) >= 11 is 3.76. The Morgan fingerprint density at radius 1 is 1.25 bits per heavy atom. The van der Waals surface area contributed by atoms with E-state index in [2.05, 4.69) is 12.6 Å². The molecule has 0 bridgehead atoms. The predicted octanol–water partition coefficient (Wildman–Crippen LogP) is 1.24. The monoisotopic (exact) mass is 266 g/mol. The molecule has 0 N–H and O–H groups in total. The Labute approximate surface area is 102 Å². The van der Waals surface area contributed by atoms with Gasteiger partial charge in [0, 0.05) is 33.4 Å². The lowest BCUT2D eigenvalue weighted by atomic mass is 10.5. The van der Waals surface area contributed by atoms with Crippen molar-refractivity contribution in [3.05, 3.63) is 11.5 Å². The maximum Gasteiger partial charge on any atom is 0.500 e. The van der Waals surface area contributed by atoms with Crippen molar-refractivity contribution in [1.29, 1.82) is 0 Å². The molecule has 0 heterocycles. The molecule has 0 aliphatic heterocycles. The number of esters is 1.